The van der Waals surface area contributed by atoms with Crippen LogP contribution in [0.1, 0.15) is 15.9 Å². The van der Waals surface area contributed by atoms with E-state index in [1.807, 2.05) is 13.0 Å². The number of benzene rings is 2. The molecule has 5 heteroatoms. The molecule has 2 aromatic carbocycles. The lowest BCUT2D eigenvalue weighted by molar-refractivity contribution is -0.274. The van der Waals surface area contributed by atoms with Gasteiger partial charge >= 0.3 is 6.36 Å². The van der Waals surface area contributed by atoms with Crippen LogP contribution in [0, 0.1) is 6.92 Å². The quantitative estimate of drug-likeness (QED) is 0.780. The number of carbonyl (C=O) groups is 1. The Bertz CT molecular complexity index is 616. The van der Waals surface area contributed by atoms with Crippen molar-refractivity contribution in [3.05, 3.63) is 53.6 Å². The van der Waals surface area contributed by atoms with Crippen molar-refractivity contribution in [2.75, 3.05) is 0 Å². The van der Waals surface area contributed by atoms with Crippen LogP contribution in [0.5, 0.6) is 5.75 Å². The number of rotatable bonds is 3. The largest absolute Gasteiger partial charge is 0.573 e. The molecule has 0 radical (unpaired) electrons. The van der Waals surface area contributed by atoms with Gasteiger partial charge in [0.05, 0.1) is 0 Å². The highest BCUT2D eigenvalue weighted by atomic mass is 19.4. The Labute approximate surface area is 113 Å². The van der Waals surface area contributed by atoms with Gasteiger partial charge in [-0.1, -0.05) is 30.3 Å². The lowest BCUT2D eigenvalue weighted by atomic mass is 9.96. The summed E-state index contributed by atoms with van der Waals surface area (Å²) in [6.07, 6.45) is -3.99. The van der Waals surface area contributed by atoms with Gasteiger partial charge in [-0.15, -0.1) is 13.2 Å². The minimum atomic E-state index is -4.71. The Morgan fingerprint density at radius 1 is 1.05 bits per heavy atom. The van der Waals surface area contributed by atoms with Gasteiger partial charge in [-0.3, -0.25) is 4.79 Å². The molecule has 0 spiro atoms. The summed E-state index contributed by atoms with van der Waals surface area (Å²) in [7, 11) is 0. The van der Waals surface area contributed by atoms with Crippen LogP contribution < -0.4 is 4.74 Å². The van der Waals surface area contributed by atoms with E-state index in [4.69, 9.17) is 0 Å². The Hall–Kier alpha value is -2.30. The molecule has 0 fully saturated rings. The number of carbonyl (C=O) groups excluding carboxylic acids is 1. The Balaban J connectivity index is 2.38. The topological polar surface area (TPSA) is 26.3 Å². The minimum Gasteiger partial charge on any atom is -0.406 e. The number of ether oxygens (including phenoxy) is 1. The number of halogens is 3. The number of aryl methyl sites for hydroxylation is 1. The van der Waals surface area contributed by atoms with E-state index in [9.17, 15) is 18.0 Å². The fraction of sp³-hybridized carbons (Fsp3) is 0.133. The van der Waals surface area contributed by atoms with Gasteiger partial charge in [0.15, 0.2) is 6.29 Å². The Morgan fingerprint density at radius 3 is 2.25 bits per heavy atom. The molecule has 0 bridgehead atoms. The second kappa shape index (κ2) is 5.36. The maximum Gasteiger partial charge on any atom is 0.573 e. The molecule has 0 N–H and O–H groups in total. The predicted molar refractivity (Wildman–Crippen MR) is 68.7 cm³/mol. The minimum absolute atomic E-state index is 0.289. The van der Waals surface area contributed by atoms with Gasteiger partial charge in [0, 0.05) is 5.56 Å². The van der Waals surface area contributed by atoms with Crippen molar-refractivity contribution in [3.8, 4) is 16.9 Å². The van der Waals surface area contributed by atoms with Gasteiger partial charge in [-0.25, -0.2) is 0 Å². The lowest BCUT2D eigenvalue weighted by Crippen LogP contribution is -2.16. The molecule has 0 amide bonds. The van der Waals surface area contributed by atoms with Crippen LogP contribution in [0.2, 0.25) is 0 Å². The van der Waals surface area contributed by atoms with Gasteiger partial charge in [0.25, 0.3) is 0 Å². The van der Waals surface area contributed by atoms with Gasteiger partial charge in [-0.05, 0) is 35.7 Å². The summed E-state index contributed by atoms with van der Waals surface area (Å²) < 4.78 is 40.0. The average Bonchev–Trinajstić information content (AvgIpc) is 2.38. The molecule has 0 aliphatic heterocycles. The number of hydrogen-bond acceptors (Lipinski definition) is 2. The van der Waals surface area contributed by atoms with E-state index in [1.165, 1.54) is 24.3 Å². The summed E-state index contributed by atoms with van der Waals surface area (Å²) >= 11 is 0. The van der Waals surface area contributed by atoms with Gasteiger partial charge in [0.1, 0.15) is 5.75 Å². The highest BCUT2D eigenvalue weighted by molar-refractivity contribution is 5.89. The molecular weight excluding hydrogens is 269 g/mol. The number of alkyl halides is 3. The first-order chi connectivity index (χ1) is 9.40. The van der Waals surface area contributed by atoms with E-state index in [2.05, 4.69) is 4.74 Å². The Morgan fingerprint density at radius 2 is 1.70 bits per heavy atom. The molecular formula is C15H11F3O2. The SMILES string of the molecule is Cc1cccc(C=O)c1-c1ccc(OC(F)(F)F)cc1. The van der Waals surface area contributed by atoms with E-state index >= 15 is 0 Å². The zero-order chi connectivity index (χ0) is 14.8. The summed E-state index contributed by atoms with van der Waals surface area (Å²) in [6.45, 7) is 1.84. The van der Waals surface area contributed by atoms with Crippen LogP contribution in [0.15, 0.2) is 42.5 Å². The molecule has 2 nitrogen and oxygen atoms in total. The van der Waals surface area contributed by atoms with Crippen molar-refractivity contribution in [1.82, 2.24) is 0 Å². The third-order valence-corrected chi connectivity index (χ3v) is 2.81. The summed E-state index contributed by atoms with van der Waals surface area (Å²) in [5, 5.41) is 0. The third-order valence-electron chi connectivity index (χ3n) is 2.81. The van der Waals surface area contributed by atoms with Crippen molar-refractivity contribution in [1.29, 1.82) is 0 Å². The van der Waals surface area contributed by atoms with E-state index in [0.29, 0.717) is 16.7 Å². The van der Waals surface area contributed by atoms with Crippen molar-refractivity contribution in [2.24, 2.45) is 0 Å². The standard InChI is InChI=1S/C15H11F3O2/c1-10-3-2-4-12(9-19)14(10)11-5-7-13(8-6-11)20-15(16,17)18/h2-9H,1H3. The van der Waals surface area contributed by atoms with Crippen LogP contribution in [0.3, 0.4) is 0 Å². The van der Waals surface area contributed by atoms with Crippen molar-refractivity contribution < 1.29 is 22.7 Å². The van der Waals surface area contributed by atoms with Crippen LogP contribution in [0.4, 0.5) is 13.2 Å². The average molecular weight is 280 g/mol. The highest BCUT2D eigenvalue weighted by Crippen LogP contribution is 2.30. The second-order valence-corrected chi connectivity index (χ2v) is 4.23. The first kappa shape index (κ1) is 14.1. The number of aldehydes is 1. The van der Waals surface area contributed by atoms with Crippen LogP contribution in [-0.4, -0.2) is 12.6 Å². The summed E-state index contributed by atoms with van der Waals surface area (Å²) in [5.74, 6) is -0.289. The molecule has 0 aromatic heterocycles. The summed E-state index contributed by atoms with van der Waals surface area (Å²) in [4.78, 5) is 11.0. The molecule has 2 rings (SSSR count). The first-order valence-corrected chi connectivity index (χ1v) is 5.81. The zero-order valence-corrected chi connectivity index (χ0v) is 10.6. The smallest absolute Gasteiger partial charge is 0.406 e. The molecule has 0 atom stereocenters. The molecule has 0 aliphatic rings. The molecule has 0 aliphatic carbocycles. The third kappa shape index (κ3) is 3.17. The normalized spacial score (nSPS) is 11.2. The van der Waals surface area contributed by atoms with Gasteiger partial charge < -0.3 is 4.74 Å². The van der Waals surface area contributed by atoms with Gasteiger partial charge in [-0.2, -0.15) is 0 Å². The lowest BCUT2D eigenvalue weighted by Gasteiger charge is -2.11. The van der Waals surface area contributed by atoms with E-state index in [0.717, 1.165) is 11.8 Å². The molecule has 0 saturated heterocycles. The summed E-state index contributed by atoms with van der Waals surface area (Å²) in [6, 6.07) is 10.7. The fourth-order valence-corrected chi connectivity index (χ4v) is 2.01. The Kier molecular flexibility index (Phi) is 3.79. The van der Waals surface area contributed by atoms with Crippen LogP contribution in [-0.2, 0) is 0 Å². The monoisotopic (exact) mass is 280 g/mol. The van der Waals surface area contributed by atoms with Crippen molar-refractivity contribution >= 4 is 6.29 Å². The maximum absolute atomic E-state index is 12.1. The van der Waals surface area contributed by atoms with Crippen molar-refractivity contribution in [3.63, 3.8) is 0 Å². The number of hydrogen-bond donors (Lipinski definition) is 0. The molecule has 0 saturated carbocycles. The zero-order valence-electron chi connectivity index (χ0n) is 10.6. The van der Waals surface area contributed by atoms with E-state index in [1.54, 1.807) is 12.1 Å². The van der Waals surface area contributed by atoms with Crippen LogP contribution in [0.25, 0.3) is 11.1 Å². The second-order valence-electron chi connectivity index (χ2n) is 4.23. The predicted octanol–water partition coefficient (Wildman–Crippen LogP) is 4.37. The molecule has 0 heterocycles. The molecule has 20 heavy (non-hydrogen) atoms. The van der Waals surface area contributed by atoms with Crippen LogP contribution >= 0.6 is 0 Å². The first-order valence-electron chi connectivity index (χ1n) is 5.81. The maximum atomic E-state index is 12.1. The summed E-state index contributed by atoms with van der Waals surface area (Å²) in [5.41, 5.74) is 2.74. The molecule has 2 aromatic rings. The fourth-order valence-electron chi connectivity index (χ4n) is 2.01. The van der Waals surface area contributed by atoms with E-state index < -0.39 is 6.36 Å². The van der Waals surface area contributed by atoms with E-state index in [-0.39, 0.29) is 5.75 Å². The van der Waals surface area contributed by atoms with Crippen molar-refractivity contribution in [2.45, 2.75) is 13.3 Å². The molecule has 104 valence electrons. The molecule has 0 unspecified atom stereocenters. The van der Waals surface area contributed by atoms with Gasteiger partial charge in [0.2, 0.25) is 0 Å². The highest BCUT2D eigenvalue weighted by Gasteiger charge is 2.30.